The Morgan fingerprint density at radius 3 is 3.00 bits per heavy atom. The average Bonchev–Trinajstić information content (AvgIpc) is 3.11. The predicted molar refractivity (Wildman–Crippen MR) is 82.4 cm³/mol. The molecule has 2 fully saturated rings. The molecule has 3 heterocycles. The lowest BCUT2D eigenvalue weighted by atomic mass is 9.80. The third kappa shape index (κ3) is 2.01. The molecule has 0 bridgehead atoms. The molecule has 3 unspecified atom stereocenters. The van der Waals surface area contributed by atoms with E-state index >= 15 is 0 Å². The van der Waals surface area contributed by atoms with Gasteiger partial charge in [0.05, 0.1) is 0 Å². The van der Waals surface area contributed by atoms with E-state index in [1.807, 2.05) is 4.52 Å². The quantitative estimate of drug-likeness (QED) is 0.851. The van der Waals surface area contributed by atoms with E-state index in [2.05, 4.69) is 39.9 Å². The van der Waals surface area contributed by atoms with Crippen LogP contribution in [0.4, 0.5) is 5.82 Å². The molecule has 0 aromatic carbocycles. The Morgan fingerprint density at radius 2 is 2.14 bits per heavy atom. The summed E-state index contributed by atoms with van der Waals surface area (Å²) in [6, 6.07) is 2.89. The maximum absolute atomic E-state index is 4.57. The maximum Gasteiger partial charge on any atom is 0.254 e. The first-order chi connectivity index (χ1) is 10.3. The van der Waals surface area contributed by atoms with E-state index in [0.29, 0.717) is 6.04 Å². The minimum atomic E-state index is 0.674. The van der Waals surface area contributed by atoms with Gasteiger partial charge in [0, 0.05) is 24.3 Å². The maximum atomic E-state index is 4.57. The normalized spacial score (nSPS) is 29.0. The van der Waals surface area contributed by atoms with E-state index in [9.17, 15) is 0 Å². The van der Waals surface area contributed by atoms with Gasteiger partial charge in [-0.1, -0.05) is 26.7 Å². The Balaban J connectivity index is 1.80. The molecule has 0 N–H and O–H groups in total. The smallest absolute Gasteiger partial charge is 0.254 e. The fraction of sp³-hybridized carbons (Fsp3) is 0.688. The third-order valence-electron chi connectivity index (χ3n) is 5.34. The summed E-state index contributed by atoms with van der Waals surface area (Å²) in [5.41, 5.74) is 1.11. The molecule has 0 amide bonds. The Kier molecular flexibility index (Phi) is 3.08. The lowest BCUT2D eigenvalue weighted by Gasteiger charge is -2.33. The van der Waals surface area contributed by atoms with Crippen molar-refractivity contribution >= 4 is 11.6 Å². The highest BCUT2D eigenvalue weighted by Crippen LogP contribution is 2.41. The topological polar surface area (TPSA) is 46.3 Å². The van der Waals surface area contributed by atoms with Crippen LogP contribution in [-0.4, -0.2) is 32.2 Å². The van der Waals surface area contributed by atoms with Gasteiger partial charge in [0.1, 0.15) is 12.1 Å². The number of hydrogen-bond acceptors (Lipinski definition) is 4. The zero-order chi connectivity index (χ0) is 14.4. The lowest BCUT2D eigenvalue weighted by Crippen LogP contribution is -2.36. The number of anilines is 1. The van der Waals surface area contributed by atoms with Crippen molar-refractivity contribution in [3.63, 3.8) is 0 Å². The molecule has 4 rings (SSSR count). The fourth-order valence-corrected chi connectivity index (χ4v) is 4.27. The SMILES string of the molecule is CCc1cc(N2CC(C)C3CCCCC32)n2ncnc2n1. The molecular formula is C16H23N5. The number of aryl methyl sites for hydroxylation is 1. The summed E-state index contributed by atoms with van der Waals surface area (Å²) < 4.78 is 1.92. The summed E-state index contributed by atoms with van der Waals surface area (Å²) in [5.74, 6) is 3.54. The molecule has 2 aromatic heterocycles. The zero-order valence-corrected chi connectivity index (χ0v) is 12.9. The van der Waals surface area contributed by atoms with E-state index in [-0.39, 0.29) is 0 Å². The number of rotatable bonds is 2. The highest BCUT2D eigenvalue weighted by Gasteiger charge is 2.41. The second-order valence-corrected chi connectivity index (χ2v) is 6.58. The molecule has 2 aromatic rings. The van der Waals surface area contributed by atoms with Crippen molar-refractivity contribution in [1.29, 1.82) is 0 Å². The van der Waals surface area contributed by atoms with Crippen molar-refractivity contribution in [3.8, 4) is 0 Å². The van der Waals surface area contributed by atoms with Gasteiger partial charge in [-0.2, -0.15) is 14.6 Å². The van der Waals surface area contributed by atoms with Crippen LogP contribution in [0.15, 0.2) is 12.4 Å². The average molecular weight is 285 g/mol. The van der Waals surface area contributed by atoms with Gasteiger partial charge < -0.3 is 4.90 Å². The molecule has 1 saturated heterocycles. The molecule has 1 aliphatic carbocycles. The molecule has 5 nitrogen and oxygen atoms in total. The number of hydrogen-bond donors (Lipinski definition) is 0. The zero-order valence-electron chi connectivity index (χ0n) is 12.9. The minimum Gasteiger partial charge on any atom is -0.353 e. The molecule has 0 spiro atoms. The fourth-order valence-electron chi connectivity index (χ4n) is 4.27. The minimum absolute atomic E-state index is 0.674. The van der Waals surface area contributed by atoms with Gasteiger partial charge in [0.15, 0.2) is 0 Å². The summed E-state index contributed by atoms with van der Waals surface area (Å²) in [6.45, 7) is 5.69. The van der Waals surface area contributed by atoms with Crippen LogP contribution in [0, 0.1) is 11.8 Å². The largest absolute Gasteiger partial charge is 0.353 e. The highest BCUT2D eigenvalue weighted by atomic mass is 15.4. The van der Waals surface area contributed by atoms with Crippen LogP contribution >= 0.6 is 0 Å². The second-order valence-electron chi connectivity index (χ2n) is 6.58. The molecule has 0 radical (unpaired) electrons. The van der Waals surface area contributed by atoms with E-state index < -0.39 is 0 Å². The van der Waals surface area contributed by atoms with Crippen molar-refractivity contribution in [3.05, 3.63) is 18.1 Å². The second kappa shape index (κ2) is 4.97. The Morgan fingerprint density at radius 1 is 1.29 bits per heavy atom. The van der Waals surface area contributed by atoms with E-state index in [0.717, 1.165) is 36.3 Å². The highest BCUT2D eigenvalue weighted by molar-refractivity contribution is 5.49. The molecule has 1 aliphatic heterocycles. The van der Waals surface area contributed by atoms with Crippen LogP contribution in [0.1, 0.15) is 45.2 Å². The van der Waals surface area contributed by atoms with Crippen molar-refractivity contribution in [1.82, 2.24) is 19.6 Å². The van der Waals surface area contributed by atoms with Crippen molar-refractivity contribution in [2.45, 2.75) is 52.0 Å². The van der Waals surface area contributed by atoms with Gasteiger partial charge >= 0.3 is 0 Å². The molecule has 21 heavy (non-hydrogen) atoms. The summed E-state index contributed by atoms with van der Waals surface area (Å²) in [6.07, 6.45) is 8.01. The van der Waals surface area contributed by atoms with E-state index in [1.165, 1.54) is 31.5 Å². The monoisotopic (exact) mass is 285 g/mol. The van der Waals surface area contributed by atoms with Crippen molar-refractivity contribution in [2.24, 2.45) is 11.8 Å². The first-order valence-electron chi connectivity index (χ1n) is 8.24. The van der Waals surface area contributed by atoms with Crippen LogP contribution in [0.5, 0.6) is 0 Å². The molecule has 5 heteroatoms. The molecule has 3 atom stereocenters. The summed E-state index contributed by atoms with van der Waals surface area (Å²) in [5, 5.41) is 4.40. The Hall–Kier alpha value is -1.65. The standard InChI is InChI=1S/C16H23N5/c1-3-12-8-15(21-16(19-12)17-10-18-21)20-9-11(2)13-6-4-5-7-14(13)20/h8,10-11,13-14H,3-7,9H2,1-2H3. The van der Waals surface area contributed by atoms with Crippen LogP contribution < -0.4 is 4.90 Å². The van der Waals surface area contributed by atoms with Gasteiger partial charge in [-0.25, -0.2) is 4.98 Å². The van der Waals surface area contributed by atoms with Crippen LogP contribution in [-0.2, 0) is 6.42 Å². The van der Waals surface area contributed by atoms with Crippen LogP contribution in [0.3, 0.4) is 0 Å². The molecular weight excluding hydrogens is 262 g/mol. The van der Waals surface area contributed by atoms with E-state index in [4.69, 9.17) is 0 Å². The van der Waals surface area contributed by atoms with Gasteiger partial charge in [-0.3, -0.25) is 0 Å². The van der Waals surface area contributed by atoms with Gasteiger partial charge in [-0.05, 0) is 31.1 Å². The van der Waals surface area contributed by atoms with Crippen molar-refractivity contribution in [2.75, 3.05) is 11.4 Å². The summed E-state index contributed by atoms with van der Waals surface area (Å²) in [4.78, 5) is 11.4. The van der Waals surface area contributed by atoms with Gasteiger partial charge in [-0.15, -0.1) is 0 Å². The third-order valence-corrected chi connectivity index (χ3v) is 5.34. The van der Waals surface area contributed by atoms with Gasteiger partial charge in [0.2, 0.25) is 0 Å². The first kappa shape index (κ1) is 13.0. The van der Waals surface area contributed by atoms with Gasteiger partial charge in [0.25, 0.3) is 5.78 Å². The number of nitrogens with zero attached hydrogens (tertiary/aromatic N) is 5. The first-order valence-corrected chi connectivity index (χ1v) is 8.24. The van der Waals surface area contributed by atoms with Crippen LogP contribution in [0.25, 0.3) is 5.78 Å². The predicted octanol–water partition coefficient (Wildman–Crippen LogP) is 2.70. The van der Waals surface area contributed by atoms with E-state index in [1.54, 1.807) is 6.33 Å². The molecule has 112 valence electrons. The summed E-state index contributed by atoms with van der Waals surface area (Å²) >= 11 is 0. The number of fused-ring (bicyclic) bond motifs is 2. The molecule has 1 saturated carbocycles. The number of aromatic nitrogens is 4. The Bertz CT molecular complexity index is 649. The summed E-state index contributed by atoms with van der Waals surface area (Å²) in [7, 11) is 0. The Labute approximate surface area is 125 Å². The molecule has 2 aliphatic rings. The van der Waals surface area contributed by atoms with Crippen LogP contribution in [0.2, 0.25) is 0 Å². The lowest BCUT2D eigenvalue weighted by molar-refractivity contribution is 0.293. The van der Waals surface area contributed by atoms with Crippen molar-refractivity contribution < 1.29 is 0 Å².